The van der Waals surface area contributed by atoms with Gasteiger partial charge in [-0.05, 0) is 58.7 Å². The van der Waals surface area contributed by atoms with E-state index in [1.165, 1.54) is 60.7 Å². The van der Waals surface area contributed by atoms with Crippen molar-refractivity contribution in [2.24, 2.45) is 0 Å². The van der Waals surface area contributed by atoms with Crippen LogP contribution < -0.4 is 0 Å². The lowest BCUT2D eigenvalue weighted by Crippen LogP contribution is -2.22. The molecule has 16 heteroatoms. The average Bonchev–Trinajstić information content (AvgIpc) is 3.06. The molecule has 0 saturated heterocycles. The normalized spacial score (nSPS) is 10.6. The molecule has 0 unspecified atom stereocenters. The molecule has 4 aromatic carbocycles. The van der Waals surface area contributed by atoms with Crippen LogP contribution in [0.5, 0.6) is 0 Å². The van der Waals surface area contributed by atoms with Crippen LogP contribution >= 0.6 is 0 Å². The monoisotopic (exact) mass is 702 g/mol. The fraction of sp³-hybridized carbons (Fsp3) is 0.0857. The Kier molecular flexibility index (Phi) is 11.1. The van der Waals surface area contributed by atoms with Gasteiger partial charge < -0.3 is 40.9 Å². The van der Waals surface area contributed by atoms with Gasteiger partial charge in [0.25, 0.3) is 0 Å². The van der Waals surface area contributed by atoms with Gasteiger partial charge in [0.15, 0.2) is 0 Å². The van der Waals surface area contributed by atoms with Crippen molar-refractivity contribution >= 4 is 47.8 Å². The summed E-state index contributed by atoms with van der Waals surface area (Å²) < 4.78 is 0. The van der Waals surface area contributed by atoms with E-state index in [4.69, 9.17) is 20.4 Å². The SMILES string of the molecule is CC(C)(c1ccc(C(=O)O)c(C(=O)O)c1)c1ccc(C(=O)O)c(C(=O)O)c1.O=C(O)c1cccc(-c2cccc(C(=O)O)c2C(=O)O)c1C(=O)O. The Labute approximate surface area is 285 Å². The van der Waals surface area contributed by atoms with Crippen molar-refractivity contribution in [2.75, 3.05) is 0 Å². The van der Waals surface area contributed by atoms with Crippen molar-refractivity contribution in [3.05, 3.63) is 128 Å². The summed E-state index contributed by atoms with van der Waals surface area (Å²) in [5.41, 5.74) is -4.24. The molecule has 0 bridgehead atoms. The number of carboxylic acids is 8. The molecule has 8 N–H and O–H groups in total. The Morgan fingerprint density at radius 2 is 0.667 bits per heavy atom. The van der Waals surface area contributed by atoms with Gasteiger partial charge in [0.2, 0.25) is 0 Å². The topological polar surface area (TPSA) is 298 Å². The van der Waals surface area contributed by atoms with Gasteiger partial charge in [-0.25, -0.2) is 38.4 Å². The van der Waals surface area contributed by atoms with E-state index in [0.717, 1.165) is 12.1 Å². The highest BCUT2D eigenvalue weighted by atomic mass is 16.4. The summed E-state index contributed by atoms with van der Waals surface area (Å²) in [7, 11) is 0. The van der Waals surface area contributed by atoms with Gasteiger partial charge in [-0.2, -0.15) is 0 Å². The lowest BCUT2D eigenvalue weighted by molar-refractivity contribution is 0.0650. The third-order valence-electron chi connectivity index (χ3n) is 7.71. The van der Waals surface area contributed by atoms with E-state index in [1.54, 1.807) is 13.8 Å². The highest BCUT2D eigenvalue weighted by Crippen LogP contribution is 2.34. The third kappa shape index (κ3) is 7.86. The van der Waals surface area contributed by atoms with Crippen LogP contribution in [-0.2, 0) is 5.41 Å². The van der Waals surface area contributed by atoms with Crippen molar-refractivity contribution < 1.29 is 79.2 Å². The number of benzene rings is 4. The van der Waals surface area contributed by atoms with Gasteiger partial charge in [0.05, 0.1) is 44.5 Å². The largest absolute Gasteiger partial charge is 0.478 e. The van der Waals surface area contributed by atoms with Crippen LogP contribution in [0.2, 0.25) is 0 Å². The van der Waals surface area contributed by atoms with E-state index < -0.39 is 86.6 Å². The summed E-state index contributed by atoms with van der Waals surface area (Å²) in [6.07, 6.45) is 0. The van der Waals surface area contributed by atoms with Crippen LogP contribution in [-0.4, -0.2) is 88.6 Å². The molecular formula is C35H26O16. The van der Waals surface area contributed by atoms with Crippen molar-refractivity contribution in [2.45, 2.75) is 19.3 Å². The van der Waals surface area contributed by atoms with Crippen molar-refractivity contribution in [1.82, 2.24) is 0 Å². The predicted molar refractivity (Wildman–Crippen MR) is 173 cm³/mol. The number of rotatable bonds is 11. The maximum Gasteiger partial charge on any atom is 0.337 e. The fourth-order valence-corrected chi connectivity index (χ4v) is 5.13. The van der Waals surface area contributed by atoms with Crippen LogP contribution in [0.1, 0.15) is 108 Å². The van der Waals surface area contributed by atoms with E-state index >= 15 is 0 Å². The molecular weight excluding hydrogens is 676 g/mol. The van der Waals surface area contributed by atoms with E-state index in [-0.39, 0.29) is 22.3 Å². The Balaban J connectivity index is 0.000000277. The molecule has 262 valence electrons. The van der Waals surface area contributed by atoms with E-state index in [0.29, 0.717) is 11.1 Å². The van der Waals surface area contributed by atoms with Gasteiger partial charge >= 0.3 is 47.8 Å². The second-order valence-electron chi connectivity index (χ2n) is 11.0. The Bertz CT molecular complexity index is 2010. The van der Waals surface area contributed by atoms with Crippen molar-refractivity contribution in [3.63, 3.8) is 0 Å². The molecule has 0 amide bonds. The second-order valence-corrected chi connectivity index (χ2v) is 11.0. The van der Waals surface area contributed by atoms with Crippen molar-refractivity contribution in [1.29, 1.82) is 0 Å². The van der Waals surface area contributed by atoms with Gasteiger partial charge in [0, 0.05) is 5.41 Å². The molecule has 4 aromatic rings. The van der Waals surface area contributed by atoms with Gasteiger partial charge in [0.1, 0.15) is 0 Å². The Morgan fingerprint density at radius 3 is 0.922 bits per heavy atom. The summed E-state index contributed by atoms with van der Waals surface area (Å²) in [5, 5.41) is 73.8. The molecule has 0 heterocycles. The molecule has 0 saturated carbocycles. The molecule has 0 aromatic heterocycles. The number of hydrogen-bond acceptors (Lipinski definition) is 8. The summed E-state index contributed by atoms with van der Waals surface area (Å²) >= 11 is 0. The molecule has 16 nitrogen and oxygen atoms in total. The predicted octanol–water partition coefficient (Wildman–Crippen LogP) is 4.95. The highest BCUT2D eigenvalue weighted by Gasteiger charge is 2.29. The molecule has 0 aliphatic carbocycles. The summed E-state index contributed by atoms with van der Waals surface area (Å²) in [6, 6.07) is 14.8. The molecule has 0 spiro atoms. The minimum atomic E-state index is -1.57. The van der Waals surface area contributed by atoms with Gasteiger partial charge in [-0.3, -0.25) is 0 Å². The zero-order valence-corrected chi connectivity index (χ0v) is 26.3. The first-order valence-electron chi connectivity index (χ1n) is 14.1. The molecule has 4 rings (SSSR count). The minimum absolute atomic E-state index is 0.192. The van der Waals surface area contributed by atoms with Gasteiger partial charge in [-0.15, -0.1) is 0 Å². The van der Waals surface area contributed by atoms with Crippen LogP contribution in [0, 0.1) is 0 Å². The molecule has 0 atom stereocenters. The van der Waals surface area contributed by atoms with Gasteiger partial charge in [-0.1, -0.05) is 50.2 Å². The number of carboxylic acid groups (broad SMARTS) is 8. The van der Waals surface area contributed by atoms with Crippen molar-refractivity contribution in [3.8, 4) is 11.1 Å². The molecule has 0 radical (unpaired) electrons. The first-order valence-corrected chi connectivity index (χ1v) is 14.1. The maximum absolute atomic E-state index is 11.5. The molecule has 51 heavy (non-hydrogen) atoms. The molecule has 0 fully saturated rings. The van der Waals surface area contributed by atoms with E-state index in [1.807, 2.05) is 0 Å². The third-order valence-corrected chi connectivity index (χ3v) is 7.71. The molecule has 0 aliphatic rings. The zero-order valence-electron chi connectivity index (χ0n) is 26.3. The summed E-state index contributed by atoms with van der Waals surface area (Å²) in [6.45, 7) is 3.38. The maximum atomic E-state index is 11.5. The second kappa shape index (κ2) is 14.8. The first kappa shape index (κ1) is 38.1. The Morgan fingerprint density at radius 1 is 0.373 bits per heavy atom. The van der Waals surface area contributed by atoms with E-state index in [9.17, 15) is 58.8 Å². The van der Waals surface area contributed by atoms with Crippen LogP contribution in [0.25, 0.3) is 11.1 Å². The van der Waals surface area contributed by atoms with Crippen LogP contribution in [0.15, 0.2) is 72.8 Å². The number of carbonyl (C=O) groups is 8. The quantitative estimate of drug-likeness (QED) is 0.102. The smallest absolute Gasteiger partial charge is 0.337 e. The Hall–Kier alpha value is -7.36. The highest BCUT2D eigenvalue weighted by molar-refractivity contribution is 6.11. The number of aromatic carboxylic acids is 8. The summed E-state index contributed by atoms with van der Waals surface area (Å²) in [5.74, 6) is -11.7. The molecule has 0 aliphatic heterocycles. The minimum Gasteiger partial charge on any atom is -0.478 e. The van der Waals surface area contributed by atoms with E-state index in [2.05, 4.69) is 0 Å². The average molecular weight is 703 g/mol. The zero-order chi connectivity index (χ0) is 38.5. The fourth-order valence-electron chi connectivity index (χ4n) is 5.13. The number of hydrogen-bond donors (Lipinski definition) is 8. The standard InChI is InChI=1S/C19H16O8.C16H10O8/c1-19(2,9-3-5-11(15(20)21)13(7-9)17(24)25)10-4-6-12(16(22)23)14(8-10)18(26)27;17-13(18)9-5-1-3-7(11(9)15(21)22)8-4-2-6-10(14(19)20)12(8)16(23)24/h3-8H,1-2H3,(H,20,21)(H,22,23)(H,24,25)(H,26,27);1-6H,(H,17,18)(H,19,20)(H,21,22)(H,23,24). The summed E-state index contributed by atoms with van der Waals surface area (Å²) in [4.78, 5) is 90.6. The lowest BCUT2D eigenvalue weighted by Gasteiger charge is -2.27. The van der Waals surface area contributed by atoms with Crippen LogP contribution in [0.3, 0.4) is 0 Å². The first-order chi connectivity index (χ1) is 23.7. The lowest BCUT2D eigenvalue weighted by atomic mass is 9.76. The van der Waals surface area contributed by atoms with Crippen LogP contribution in [0.4, 0.5) is 0 Å².